The van der Waals surface area contributed by atoms with E-state index in [0.29, 0.717) is 5.02 Å². The topological polar surface area (TPSA) is 84.2 Å². The number of nitrogens with two attached hydrogens (primary N) is 1. The molecule has 1 atom stereocenters. The van der Waals surface area contributed by atoms with Gasteiger partial charge >= 0.3 is 6.03 Å². The van der Waals surface area contributed by atoms with Gasteiger partial charge in [0.2, 0.25) is 5.91 Å². The predicted octanol–water partition coefficient (Wildman–Crippen LogP) is 2.11. The number of carbonyl (C=O) groups is 2. The molecular weight excluding hydrogens is 273 g/mol. The van der Waals surface area contributed by atoms with E-state index in [1.54, 1.807) is 13.8 Å². The van der Waals surface area contributed by atoms with E-state index in [0.717, 1.165) is 6.07 Å². The second kappa shape index (κ2) is 6.38. The Labute approximate surface area is 115 Å². The van der Waals surface area contributed by atoms with Gasteiger partial charge in [-0.15, -0.1) is 0 Å². The standard InChI is InChI=1S/C12H15ClFN3O2/c1-6(2)10(17-12(15)19)11(18)16-9-5-7(13)3-4-8(9)14/h3-6,10H,1-2H3,(H,16,18)(H3,15,17,19). The summed E-state index contributed by atoms with van der Waals surface area (Å²) in [5, 5.41) is 4.97. The van der Waals surface area contributed by atoms with Crippen molar-refractivity contribution in [3.05, 3.63) is 29.0 Å². The van der Waals surface area contributed by atoms with Crippen LogP contribution in [0.3, 0.4) is 0 Å². The van der Waals surface area contributed by atoms with Gasteiger partial charge in [-0.05, 0) is 24.1 Å². The van der Waals surface area contributed by atoms with Crippen molar-refractivity contribution in [2.45, 2.75) is 19.9 Å². The van der Waals surface area contributed by atoms with Gasteiger partial charge in [0, 0.05) is 5.02 Å². The lowest BCUT2D eigenvalue weighted by Gasteiger charge is -2.20. The fraction of sp³-hybridized carbons (Fsp3) is 0.333. The summed E-state index contributed by atoms with van der Waals surface area (Å²) >= 11 is 5.72. The molecule has 3 amide bonds. The van der Waals surface area contributed by atoms with Crippen molar-refractivity contribution < 1.29 is 14.0 Å². The summed E-state index contributed by atoms with van der Waals surface area (Å²) in [5.74, 6) is -1.37. The first kappa shape index (κ1) is 15.2. The second-order valence-electron chi connectivity index (χ2n) is 4.34. The number of hydrogen-bond acceptors (Lipinski definition) is 2. The minimum Gasteiger partial charge on any atom is -0.352 e. The third-order valence-corrected chi connectivity index (χ3v) is 2.67. The van der Waals surface area contributed by atoms with Gasteiger partial charge < -0.3 is 16.4 Å². The van der Waals surface area contributed by atoms with Crippen LogP contribution in [0.5, 0.6) is 0 Å². The van der Waals surface area contributed by atoms with Crippen molar-refractivity contribution >= 4 is 29.2 Å². The molecular formula is C12H15ClFN3O2. The van der Waals surface area contributed by atoms with Gasteiger partial charge in [-0.2, -0.15) is 0 Å². The van der Waals surface area contributed by atoms with E-state index < -0.39 is 23.8 Å². The maximum atomic E-state index is 13.5. The molecule has 0 aliphatic rings. The first-order valence-corrected chi connectivity index (χ1v) is 6.01. The lowest BCUT2D eigenvalue weighted by molar-refractivity contribution is -0.118. The lowest BCUT2D eigenvalue weighted by Crippen LogP contribution is -2.49. The number of benzene rings is 1. The molecule has 0 aromatic heterocycles. The van der Waals surface area contributed by atoms with Crippen molar-refractivity contribution in [2.24, 2.45) is 11.7 Å². The molecule has 5 nitrogen and oxygen atoms in total. The molecule has 0 radical (unpaired) electrons. The molecule has 0 fully saturated rings. The number of halogens is 2. The van der Waals surface area contributed by atoms with Crippen molar-refractivity contribution in [3.8, 4) is 0 Å². The Balaban J connectivity index is 2.87. The zero-order chi connectivity index (χ0) is 14.6. The molecule has 0 aliphatic carbocycles. The fourth-order valence-corrected chi connectivity index (χ4v) is 1.66. The molecule has 4 N–H and O–H groups in total. The SMILES string of the molecule is CC(C)C(NC(N)=O)C(=O)Nc1cc(Cl)ccc1F. The molecule has 0 spiro atoms. The molecule has 0 saturated carbocycles. The van der Waals surface area contributed by atoms with Gasteiger partial charge in [0.15, 0.2) is 0 Å². The van der Waals surface area contributed by atoms with Crippen molar-refractivity contribution in [1.82, 2.24) is 5.32 Å². The molecule has 0 heterocycles. The fourth-order valence-electron chi connectivity index (χ4n) is 1.49. The Kier molecular flexibility index (Phi) is 5.11. The molecule has 1 aromatic carbocycles. The number of amides is 3. The largest absolute Gasteiger partial charge is 0.352 e. The van der Waals surface area contributed by atoms with Crippen LogP contribution in [0.4, 0.5) is 14.9 Å². The zero-order valence-electron chi connectivity index (χ0n) is 10.5. The Bertz CT molecular complexity index is 494. The number of anilines is 1. The van der Waals surface area contributed by atoms with Crippen LogP contribution in [0.1, 0.15) is 13.8 Å². The van der Waals surface area contributed by atoms with Crippen LogP contribution in [0.25, 0.3) is 0 Å². The van der Waals surface area contributed by atoms with E-state index in [4.69, 9.17) is 17.3 Å². The summed E-state index contributed by atoms with van der Waals surface area (Å²) in [5.41, 5.74) is 4.94. The third kappa shape index (κ3) is 4.40. The third-order valence-electron chi connectivity index (χ3n) is 2.43. The number of nitrogens with one attached hydrogen (secondary N) is 2. The minimum atomic E-state index is -0.851. The summed E-state index contributed by atoms with van der Waals surface area (Å²) in [4.78, 5) is 22.8. The highest BCUT2D eigenvalue weighted by atomic mass is 35.5. The highest BCUT2D eigenvalue weighted by molar-refractivity contribution is 6.30. The van der Waals surface area contributed by atoms with Crippen molar-refractivity contribution in [3.63, 3.8) is 0 Å². The summed E-state index contributed by atoms with van der Waals surface area (Å²) in [7, 11) is 0. The maximum absolute atomic E-state index is 13.5. The number of carbonyl (C=O) groups excluding carboxylic acids is 2. The first-order chi connectivity index (χ1) is 8.81. The summed E-state index contributed by atoms with van der Waals surface area (Å²) in [6.07, 6.45) is 0. The maximum Gasteiger partial charge on any atom is 0.312 e. The Morgan fingerprint density at radius 2 is 2.00 bits per heavy atom. The molecule has 0 aliphatic heterocycles. The number of rotatable bonds is 4. The van der Waals surface area contributed by atoms with Crippen LogP contribution in [-0.4, -0.2) is 18.0 Å². The highest BCUT2D eigenvalue weighted by Crippen LogP contribution is 2.20. The average molecular weight is 288 g/mol. The lowest BCUT2D eigenvalue weighted by atomic mass is 10.0. The quantitative estimate of drug-likeness (QED) is 0.792. The molecule has 0 bridgehead atoms. The summed E-state index contributed by atoms with van der Waals surface area (Å²) < 4.78 is 13.5. The van der Waals surface area contributed by atoms with E-state index in [2.05, 4.69) is 10.6 Å². The van der Waals surface area contributed by atoms with Crippen LogP contribution >= 0.6 is 11.6 Å². The van der Waals surface area contributed by atoms with E-state index in [1.807, 2.05) is 0 Å². The van der Waals surface area contributed by atoms with Gasteiger partial charge in [0.25, 0.3) is 0 Å². The van der Waals surface area contributed by atoms with Crippen LogP contribution in [-0.2, 0) is 4.79 Å². The monoisotopic (exact) mass is 287 g/mol. The van der Waals surface area contributed by atoms with E-state index in [-0.39, 0.29) is 11.6 Å². The van der Waals surface area contributed by atoms with Crippen molar-refractivity contribution in [1.29, 1.82) is 0 Å². The number of urea groups is 1. The van der Waals surface area contributed by atoms with E-state index in [1.165, 1.54) is 12.1 Å². The smallest absolute Gasteiger partial charge is 0.312 e. The Morgan fingerprint density at radius 3 is 2.53 bits per heavy atom. The van der Waals surface area contributed by atoms with Crippen LogP contribution in [0.2, 0.25) is 5.02 Å². The molecule has 1 rings (SSSR count). The molecule has 7 heteroatoms. The van der Waals surface area contributed by atoms with Crippen LogP contribution < -0.4 is 16.4 Å². The Morgan fingerprint density at radius 1 is 1.37 bits per heavy atom. The van der Waals surface area contributed by atoms with Gasteiger partial charge in [0.1, 0.15) is 11.9 Å². The van der Waals surface area contributed by atoms with Gasteiger partial charge in [0.05, 0.1) is 5.69 Å². The first-order valence-electron chi connectivity index (χ1n) is 5.63. The van der Waals surface area contributed by atoms with E-state index in [9.17, 15) is 14.0 Å². The molecule has 19 heavy (non-hydrogen) atoms. The normalized spacial score (nSPS) is 12.1. The number of hydrogen-bond donors (Lipinski definition) is 3. The van der Waals surface area contributed by atoms with Gasteiger partial charge in [-0.3, -0.25) is 4.79 Å². The Hall–Kier alpha value is -1.82. The van der Waals surface area contributed by atoms with E-state index >= 15 is 0 Å². The molecule has 104 valence electrons. The van der Waals surface area contributed by atoms with Crippen LogP contribution in [0.15, 0.2) is 18.2 Å². The zero-order valence-corrected chi connectivity index (χ0v) is 11.3. The van der Waals surface area contributed by atoms with Crippen LogP contribution in [0, 0.1) is 11.7 Å². The molecule has 0 saturated heterocycles. The predicted molar refractivity (Wildman–Crippen MR) is 71.4 cm³/mol. The van der Waals surface area contributed by atoms with Gasteiger partial charge in [-0.25, -0.2) is 9.18 Å². The molecule has 1 unspecified atom stereocenters. The molecule has 1 aromatic rings. The number of primary amides is 1. The highest BCUT2D eigenvalue weighted by Gasteiger charge is 2.24. The summed E-state index contributed by atoms with van der Waals surface area (Å²) in [6.45, 7) is 3.46. The van der Waals surface area contributed by atoms with Gasteiger partial charge in [-0.1, -0.05) is 25.4 Å². The van der Waals surface area contributed by atoms with Crippen molar-refractivity contribution in [2.75, 3.05) is 5.32 Å². The minimum absolute atomic E-state index is 0.0468. The second-order valence-corrected chi connectivity index (χ2v) is 4.78. The average Bonchev–Trinajstić information content (AvgIpc) is 2.30. The summed E-state index contributed by atoms with van der Waals surface area (Å²) in [6, 6.07) is 2.13.